The zero-order chi connectivity index (χ0) is 19.4. The molecule has 3 rings (SSSR count). The third-order valence-electron chi connectivity index (χ3n) is 4.52. The van der Waals surface area contributed by atoms with Crippen molar-refractivity contribution < 1.29 is 23.8 Å². The Bertz CT molecular complexity index is 845. The van der Waals surface area contributed by atoms with Crippen molar-refractivity contribution in [1.29, 1.82) is 0 Å². The summed E-state index contributed by atoms with van der Waals surface area (Å²) >= 11 is 1.46. The van der Waals surface area contributed by atoms with Gasteiger partial charge in [0.1, 0.15) is 16.5 Å². The van der Waals surface area contributed by atoms with E-state index in [9.17, 15) is 9.59 Å². The van der Waals surface area contributed by atoms with Crippen LogP contribution in [0.5, 0.6) is 11.5 Å². The van der Waals surface area contributed by atoms with Gasteiger partial charge < -0.3 is 19.5 Å². The lowest BCUT2D eigenvalue weighted by molar-refractivity contribution is -0.122. The number of rotatable bonds is 6. The first-order valence-electron chi connectivity index (χ1n) is 8.88. The molecule has 0 aliphatic heterocycles. The minimum absolute atomic E-state index is 0.318. The fourth-order valence-electron chi connectivity index (χ4n) is 3.12. The van der Waals surface area contributed by atoms with Crippen molar-refractivity contribution in [3.63, 3.8) is 0 Å². The average Bonchev–Trinajstić information content (AvgIpc) is 3.05. The second-order valence-corrected chi connectivity index (χ2v) is 7.44. The molecule has 1 atom stereocenters. The fraction of sp³-hybridized carbons (Fsp3) is 0.400. The number of methoxy groups -OCH3 is 2. The molecule has 1 aliphatic rings. The third-order valence-corrected chi connectivity index (χ3v) is 5.73. The summed E-state index contributed by atoms with van der Waals surface area (Å²) in [6.07, 6.45) is 3.16. The van der Waals surface area contributed by atoms with Crippen LogP contribution in [0, 0.1) is 0 Å². The van der Waals surface area contributed by atoms with E-state index in [-0.39, 0.29) is 5.91 Å². The van der Waals surface area contributed by atoms with Gasteiger partial charge in [-0.3, -0.25) is 4.79 Å². The van der Waals surface area contributed by atoms with Gasteiger partial charge in [-0.15, -0.1) is 11.3 Å². The molecule has 6 nitrogen and oxygen atoms in total. The van der Waals surface area contributed by atoms with Gasteiger partial charge in [-0.2, -0.15) is 0 Å². The molecular weight excluding hydrogens is 366 g/mol. The number of aryl methyl sites for hydroxylation is 1. The highest BCUT2D eigenvalue weighted by Gasteiger charge is 2.28. The number of carbonyl (C=O) groups excluding carboxylic acids is 2. The molecule has 1 aromatic heterocycles. The predicted octanol–water partition coefficient (Wildman–Crippen LogP) is 3.83. The van der Waals surface area contributed by atoms with Gasteiger partial charge in [0.05, 0.1) is 19.8 Å². The number of fused-ring (bicyclic) bond motifs is 1. The number of carbonyl (C=O) groups is 2. The first-order chi connectivity index (χ1) is 13.0. The predicted molar refractivity (Wildman–Crippen MR) is 104 cm³/mol. The van der Waals surface area contributed by atoms with Crippen molar-refractivity contribution in [2.45, 2.75) is 38.7 Å². The van der Waals surface area contributed by atoms with E-state index in [1.807, 2.05) is 0 Å². The summed E-state index contributed by atoms with van der Waals surface area (Å²) in [5, 5.41) is 3.40. The number of benzene rings is 1. The summed E-state index contributed by atoms with van der Waals surface area (Å²) in [5.41, 5.74) is 1.49. The van der Waals surface area contributed by atoms with Gasteiger partial charge >= 0.3 is 5.97 Å². The van der Waals surface area contributed by atoms with Crippen molar-refractivity contribution in [2.24, 2.45) is 0 Å². The lowest BCUT2D eigenvalue weighted by Gasteiger charge is -2.15. The SMILES string of the molecule is COC(=O)c1c(NC(=O)C(C)Oc2cccc(OC)c2)sc2c1CCCC2. The van der Waals surface area contributed by atoms with E-state index in [0.29, 0.717) is 22.1 Å². The van der Waals surface area contributed by atoms with E-state index < -0.39 is 12.1 Å². The van der Waals surface area contributed by atoms with Crippen LogP contribution in [0.15, 0.2) is 24.3 Å². The molecule has 2 aromatic rings. The standard InChI is InChI=1S/C20H23NO5S/c1-12(26-14-8-6-7-13(11-14)24-2)18(22)21-19-17(20(23)25-3)15-9-4-5-10-16(15)27-19/h6-8,11-12H,4-5,9-10H2,1-3H3,(H,21,22). The van der Waals surface area contributed by atoms with Crippen LogP contribution in [0.3, 0.4) is 0 Å². The summed E-state index contributed by atoms with van der Waals surface area (Å²) in [7, 11) is 2.93. The van der Waals surface area contributed by atoms with E-state index in [1.165, 1.54) is 18.4 Å². The van der Waals surface area contributed by atoms with Crippen molar-refractivity contribution in [2.75, 3.05) is 19.5 Å². The van der Waals surface area contributed by atoms with Crippen LogP contribution in [0.2, 0.25) is 0 Å². The third kappa shape index (κ3) is 4.24. The number of esters is 1. The highest BCUT2D eigenvalue weighted by Crippen LogP contribution is 2.38. The molecule has 144 valence electrons. The van der Waals surface area contributed by atoms with Crippen LogP contribution in [0.25, 0.3) is 0 Å². The van der Waals surface area contributed by atoms with Gasteiger partial charge in [0.25, 0.3) is 5.91 Å². The lowest BCUT2D eigenvalue weighted by Crippen LogP contribution is -2.30. The van der Waals surface area contributed by atoms with Crippen LogP contribution in [0.4, 0.5) is 5.00 Å². The van der Waals surface area contributed by atoms with E-state index in [0.717, 1.165) is 36.1 Å². The van der Waals surface area contributed by atoms with Gasteiger partial charge in [0.15, 0.2) is 6.10 Å². The molecule has 1 unspecified atom stereocenters. The Labute approximate surface area is 162 Å². The van der Waals surface area contributed by atoms with Crippen LogP contribution >= 0.6 is 11.3 Å². The molecule has 27 heavy (non-hydrogen) atoms. The van der Waals surface area contributed by atoms with Gasteiger partial charge in [0.2, 0.25) is 0 Å². The summed E-state index contributed by atoms with van der Waals surface area (Å²) in [6.45, 7) is 1.67. The normalized spacial score (nSPS) is 14.0. The molecule has 0 saturated heterocycles. The topological polar surface area (TPSA) is 73.9 Å². The Morgan fingerprint density at radius 2 is 1.89 bits per heavy atom. The maximum atomic E-state index is 12.6. The molecule has 1 amide bonds. The summed E-state index contributed by atoms with van der Waals surface area (Å²) in [5.74, 6) is 0.460. The lowest BCUT2D eigenvalue weighted by atomic mass is 9.95. The van der Waals surface area contributed by atoms with Crippen LogP contribution in [0.1, 0.15) is 40.6 Å². The molecular formula is C20H23NO5S. The summed E-state index contributed by atoms with van der Waals surface area (Å²) in [4.78, 5) is 26.1. The minimum atomic E-state index is -0.735. The maximum absolute atomic E-state index is 12.6. The number of hydrogen-bond donors (Lipinski definition) is 1. The number of amides is 1. The largest absolute Gasteiger partial charge is 0.497 e. The Hall–Kier alpha value is -2.54. The fourth-order valence-corrected chi connectivity index (χ4v) is 4.40. The Morgan fingerprint density at radius 3 is 2.63 bits per heavy atom. The van der Waals surface area contributed by atoms with Crippen LogP contribution in [-0.2, 0) is 22.4 Å². The maximum Gasteiger partial charge on any atom is 0.341 e. The van der Waals surface area contributed by atoms with E-state index in [2.05, 4.69) is 5.32 Å². The molecule has 0 bridgehead atoms. The zero-order valence-corrected chi connectivity index (χ0v) is 16.5. The van der Waals surface area contributed by atoms with Crippen molar-refractivity contribution in [3.05, 3.63) is 40.3 Å². The van der Waals surface area contributed by atoms with E-state index >= 15 is 0 Å². The van der Waals surface area contributed by atoms with Gasteiger partial charge in [-0.25, -0.2) is 4.79 Å². The van der Waals surface area contributed by atoms with Crippen molar-refractivity contribution in [3.8, 4) is 11.5 Å². The zero-order valence-electron chi connectivity index (χ0n) is 15.7. The van der Waals surface area contributed by atoms with E-state index in [4.69, 9.17) is 14.2 Å². The van der Waals surface area contributed by atoms with Crippen molar-refractivity contribution in [1.82, 2.24) is 0 Å². The van der Waals surface area contributed by atoms with Crippen LogP contribution in [-0.4, -0.2) is 32.2 Å². The quantitative estimate of drug-likeness (QED) is 0.760. The number of ether oxygens (including phenoxy) is 3. The smallest absolute Gasteiger partial charge is 0.341 e. The number of thiophene rings is 1. The molecule has 0 saturated carbocycles. The van der Waals surface area contributed by atoms with E-state index in [1.54, 1.807) is 38.3 Å². The van der Waals surface area contributed by atoms with Crippen LogP contribution < -0.4 is 14.8 Å². The number of anilines is 1. The minimum Gasteiger partial charge on any atom is -0.497 e. The summed E-state index contributed by atoms with van der Waals surface area (Å²) < 4.78 is 15.8. The second-order valence-electron chi connectivity index (χ2n) is 6.33. The molecule has 1 aromatic carbocycles. The molecule has 1 aliphatic carbocycles. The molecule has 1 N–H and O–H groups in total. The molecule has 7 heteroatoms. The number of hydrogen-bond acceptors (Lipinski definition) is 6. The Morgan fingerprint density at radius 1 is 1.15 bits per heavy atom. The average molecular weight is 389 g/mol. The van der Waals surface area contributed by atoms with Crippen molar-refractivity contribution >= 4 is 28.2 Å². The Balaban J connectivity index is 1.76. The summed E-state index contributed by atoms with van der Waals surface area (Å²) in [6, 6.07) is 7.07. The highest BCUT2D eigenvalue weighted by molar-refractivity contribution is 7.17. The van der Waals surface area contributed by atoms with Gasteiger partial charge in [0, 0.05) is 10.9 Å². The molecule has 1 heterocycles. The molecule has 0 spiro atoms. The van der Waals surface area contributed by atoms with Gasteiger partial charge in [-0.05, 0) is 50.3 Å². The van der Waals surface area contributed by atoms with Gasteiger partial charge in [-0.1, -0.05) is 6.07 Å². The molecule has 0 radical (unpaired) electrons. The highest BCUT2D eigenvalue weighted by atomic mass is 32.1. The Kier molecular flexibility index (Phi) is 6.01. The first kappa shape index (κ1) is 19.2. The molecule has 0 fully saturated rings. The number of nitrogens with one attached hydrogen (secondary N) is 1. The second kappa shape index (κ2) is 8.43. The first-order valence-corrected chi connectivity index (χ1v) is 9.69. The monoisotopic (exact) mass is 389 g/mol.